The lowest BCUT2D eigenvalue weighted by atomic mass is 10.2. The number of rotatable bonds is 10. The Labute approximate surface area is 129 Å². The predicted molar refractivity (Wildman–Crippen MR) is 80.6 cm³/mol. The first kappa shape index (κ1) is 16.3. The lowest BCUT2D eigenvalue weighted by Gasteiger charge is -2.10. The molecule has 0 saturated heterocycles. The number of hydrogen-bond acceptors (Lipinski definition) is 5. The van der Waals surface area contributed by atoms with Crippen LogP contribution >= 0.6 is 11.8 Å². The van der Waals surface area contributed by atoms with Crippen molar-refractivity contribution in [2.24, 2.45) is 5.92 Å². The third-order valence-corrected chi connectivity index (χ3v) is 4.09. The highest BCUT2D eigenvalue weighted by molar-refractivity contribution is 7.99. The molecule has 2 rings (SSSR count). The first-order valence-electron chi connectivity index (χ1n) is 7.43. The maximum absolute atomic E-state index is 10.7. The number of hydrogen-bond donors (Lipinski definition) is 1. The molecule has 1 aliphatic carbocycles. The van der Waals surface area contributed by atoms with Crippen LogP contribution in [0.25, 0.3) is 0 Å². The van der Waals surface area contributed by atoms with E-state index in [0.717, 1.165) is 38.2 Å². The van der Waals surface area contributed by atoms with Crippen LogP contribution in [0.1, 0.15) is 44.9 Å². The molecular weight excluding hydrogens is 290 g/mol. The molecule has 0 bridgehead atoms. The van der Waals surface area contributed by atoms with Gasteiger partial charge in [0.2, 0.25) is 0 Å². The van der Waals surface area contributed by atoms with Crippen molar-refractivity contribution in [1.29, 1.82) is 0 Å². The summed E-state index contributed by atoms with van der Waals surface area (Å²) < 4.78 is 7.67. The zero-order chi connectivity index (χ0) is 15.2. The maximum Gasteiger partial charge on any atom is 0.313 e. The van der Waals surface area contributed by atoms with Crippen LogP contribution in [-0.4, -0.2) is 44.8 Å². The van der Waals surface area contributed by atoms with E-state index in [9.17, 15) is 4.79 Å². The zero-order valence-electron chi connectivity index (χ0n) is 12.6. The summed E-state index contributed by atoms with van der Waals surface area (Å²) >= 11 is 1.24. The molecule has 0 unspecified atom stereocenters. The van der Waals surface area contributed by atoms with E-state index < -0.39 is 5.97 Å². The second kappa shape index (κ2) is 7.79. The molecule has 1 saturated carbocycles. The second-order valence-electron chi connectivity index (χ2n) is 5.77. The third-order valence-electron chi connectivity index (χ3n) is 3.13. The van der Waals surface area contributed by atoms with Crippen LogP contribution in [-0.2, 0) is 16.1 Å². The molecule has 1 fully saturated rings. The summed E-state index contributed by atoms with van der Waals surface area (Å²) in [6.07, 6.45) is 3.21. The Hall–Kier alpha value is -1.08. The summed E-state index contributed by atoms with van der Waals surface area (Å²) in [5.41, 5.74) is 0. The molecule has 0 atom stereocenters. The summed E-state index contributed by atoms with van der Waals surface area (Å²) in [6, 6.07) is 0. The van der Waals surface area contributed by atoms with Gasteiger partial charge in [0.05, 0.1) is 5.75 Å². The summed E-state index contributed by atoms with van der Waals surface area (Å²) in [5.74, 6) is 1.25. The quantitative estimate of drug-likeness (QED) is 0.528. The summed E-state index contributed by atoms with van der Waals surface area (Å²) in [4.78, 5) is 10.7. The van der Waals surface area contributed by atoms with Crippen molar-refractivity contribution in [3.8, 4) is 0 Å². The fourth-order valence-electron chi connectivity index (χ4n) is 2.03. The molecule has 1 heterocycles. The highest BCUT2D eigenvalue weighted by Gasteiger charge is 2.30. The minimum atomic E-state index is -0.831. The Bertz CT molecular complexity index is 472. The van der Waals surface area contributed by atoms with Gasteiger partial charge in [-0.15, -0.1) is 10.2 Å². The van der Waals surface area contributed by atoms with Gasteiger partial charge in [-0.1, -0.05) is 25.6 Å². The molecule has 21 heavy (non-hydrogen) atoms. The molecule has 118 valence electrons. The minimum absolute atomic E-state index is 0.0205. The number of carboxylic acids is 1. The van der Waals surface area contributed by atoms with E-state index in [-0.39, 0.29) is 5.75 Å². The number of thioether (sulfide) groups is 1. The highest BCUT2D eigenvalue weighted by atomic mass is 32.2. The van der Waals surface area contributed by atoms with Gasteiger partial charge in [0, 0.05) is 25.7 Å². The lowest BCUT2D eigenvalue weighted by Crippen LogP contribution is -2.10. The Morgan fingerprint density at radius 2 is 2.24 bits per heavy atom. The fourth-order valence-corrected chi connectivity index (χ4v) is 2.72. The summed E-state index contributed by atoms with van der Waals surface area (Å²) in [5, 5.41) is 17.9. The summed E-state index contributed by atoms with van der Waals surface area (Å²) in [7, 11) is 0. The van der Waals surface area contributed by atoms with E-state index in [1.807, 2.05) is 0 Å². The van der Waals surface area contributed by atoms with E-state index in [4.69, 9.17) is 9.84 Å². The first-order valence-corrected chi connectivity index (χ1v) is 8.42. The van der Waals surface area contributed by atoms with Crippen LogP contribution in [0.2, 0.25) is 0 Å². The monoisotopic (exact) mass is 313 g/mol. The molecule has 0 aromatic carbocycles. The SMILES string of the molecule is CC(C)COCCCn1c(SCC(=O)O)nnc1C1CC1. The van der Waals surface area contributed by atoms with Gasteiger partial charge in [-0.2, -0.15) is 0 Å². The molecular formula is C14H23N3O3S. The van der Waals surface area contributed by atoms with Gasteiger partial charge in [0.25, 0.3) is 0 Å². The molecule has 0 radical (unpaired) electrons. The Morgan fingerprint density at radius 3 is 2.86 bits per heavy atom. The molecule has 0 spiro atoms. The number of aliphatic carboxylic acids is 1. The normalized spacial score (nSPS) is 14.8. The smallest absolute Gasteiger partial charge is 0.313 e. The topological polar surface area (TPSA) is 77.2 Å². The number of nitrogens with zero attached hydrogens (tertiary/aromatic N) is 3. The Balaban J connectivity index is 1.88. The molecule has 1 aromatic rings. The molecule has 0 aliphatic heterocycles. The van der Waals surface area contributed by atoms with Crippen LogP contribution in [0, 0.1) is 5.92 Å². The van der Waals surface area contributed by atoms with Crippen LogP contribution < -0.4 is 0 Å². The molecule has 1 aliphatic rings. The Kier molecular flexibility index (Phi) is 6.05. The van der Waals surface area contributed by atoms with E-state index in [0.29, 0.717) is 23.6 Å². The molecule has 6 nitrogen and oxygen atoms in total. The van der Waals surface area contributed by atoms with Gasteiger partial charge in [-0.05, 0) is 25.2 Å². The van der Waals surface area contributed by atoms with Crippen molar-refractivity contribution in [2.75, 3.05) is 19.0 Å². The number of carbonyl (C=O) groups is 1. The molecule has 1 N–H and O–H groups in total. The van der Waals surface area contributed by atoms with Crippen molar-refractivity contribution >= 4 is 17.7 Å². The second-order valence-corrected chi connectivity index (χ2v) is 6.71. The predicted octanol–water partition coefficient (Wildman–Crippen LogP) is 2.39. The van der Waals surface area contributed by atoms with Gasteiger partial charge >= 0.3 is 5.97 Å². The van der Waals surface area contributed by atoms with Crippen molar-refractivity contribution in [3.63, 3.8) is 0 Å². The third kappa shape index (κ3) is 5.32. The van der Waals surface area contributed by atoms with Gasteiger partial charge in [0.15, 0.2) is 5.16 Å². The summed E-state index contributed by atoms with van der Waals surface area (Å²) in [6.45, 7) is 6.54. The van der Waals surface area contributed by atoms with E-state index in [2.05, 4.69) is 28.6 Å². The van der Waals surface area contributed by atoms with Crippen LogP contribution in [0.4, 0.5) is 0 Å². The average Bonchev–Trinajstić information content (AvgIpc) is 3.18. The highest BCUT2D eigenvalue weighted by Crippen LogP contribution is 2.40. The van der Waals surface area contributed by atoms with E-state index >= 15 is 0 Å². The first-order chi connectivity index (χ1) is 10.1. The zero-order valence-corrected chi connectivity index (χ0v) is 13.4. The van der Waals surface area contributed by atoms with Gasteiger partial charge in [-0.25, -0.2) is 0 Å². The van der Waals surface area contributed by atoms with E-state index in [1.165, 1.54) is 11.8 Å². The van der Waals surface area contributed by atoms with Crippen LogP contribution in [0.5, 0.6) is 0 Å². The molecule has 1 aromatic heterocycles. The van der Waals surface area contributed by atoms with Crippen LogP contribution in [0.15, 0.2) is 5.16 Å². The van der Waals surface area contributed by atoms with Gasteiger partial charge < -0.3 is 14.4 Å². The van der Waals surface area contributed by atoms with Crippen molar-refractivity contribution in [3.05, 3.63) is 5.82 Å². The van der Waals surface area contributed by atoms with Crippen LogP contribution in [0.3, 0.4) is 0 Å². The minimum Gasteiger partial charge on any atom is -0.481 e. The number of aromatic nitrogens is 3. The molecule has 0 amide bonds. The van der Waals surface area contributed by atoms with Crippen molar-refractivity contribution in [2.45, 2.75) is 50.7 Å². The van der Waals surface area contributed by atoms with Crippen molar-refractivity contribution in [1.82, 2.24) is 14.8 Å². The van der Waals surface area contributed by atoms with Crippen molar-refractivity contribution < 1.29 is 14.6 Å². The average molecular weight is 313 g/mol. The van der Waals surface area contributed by atoms with E-state index in [1.54, 1.807) is 0 Å². The fraction of sp³-hybridized carbons (Fsp3) is 0.786. The lowest BCUT2D eigenvalue weighted by molar-refractivity contribution is -0.133. The maximum atomic E-state index is 10.7. The Morgan fingerprint density at radius 1 is 1.48 bits per heavy atom. The number of ether oxygens (including phenoxy) is 1. The molecule has 7 heteroatoms. The number of carboxylic acid groups (broad SMARTS) is 1. The van der Waals surface area contributed by atoms with Gasteiger partial charge in [0.1, 0.15) is 5.82 Å². The van der Waals surface area contributed by atoms with Gasteiger partial charge in [-0.3, -0.25) is 4.79 Å². The standard InChI is InChI=1S/C14H23N3O3S/c1-10(2)8-20-7-3-6-17-13(11-4-5-11)15-16-14(17)21-9-12(18)19/h10-11H,3-9H2,1-2H3,(H,18,19). The largest absolute Gasteiger partial charge is 0.481 e.